The van der Waals surface area contributed by atoms with Crippen LogP contribution in [-0.4, -0.2) is 26.4 Å². The standard InChI is InChI=1S/C14H29NO2Si/c1-7-18(8-2,9-3)17-12-11(15-13(12)16)10-14(4,5)6/h11-12H,7-10H2,1-6H3,(H,15,16)/t11-,12+/m0/s1. The van der Waals surface area contributed by atoms with Gasteiger partial charge in [0.1, 0.15) is 6.10 Å². The second-order valence-electron chi connectivity index (χ2n) is 6.66. The quantitative estimate of drug-likeness (QED) is 0.594. The number of nitrogens with one attached hydrogen (secondary N) is 1. The van der Waals surface area contributed by atoms with Crippen LogP contribution >= 0.6 is 0 Å². The number of rotatable bonds is 6. The Bertz CT molecular complexity index is 286. The molecule has 2 atom stereocenters. The third-order valence-corrected chi connectivity index (χ3v) is 8.71. The van der Waals surface area contributed by atoms with Crippen molar-refractivity contribution in [3.8, 4) is 0 Å². The van der Waals surface area contributed by atoms with Gasteiger partial charge in [-0.3, -0.25) is 4.79 Å². The zero-order valence-corrected chi connectivity index (χ0v) is 13.8. The van der Waals surface area contributed by atoms with Crippen LogP contribution in [-0.2, 0) is 9.22 Å². The third-order valence-electron chi connectivity index (χ3n) is 4.09. The van der Waals surface area contributed by atoms with Gasteiger partial charge in [-0.15, -0.1) is 0 Å². The Morgan fingerprint density at radius 2 is 1.67 bits per heavy atom. The normalized spacial score (nSPS) is 24.7. The van der Waals surface area contributed by atoms with Crippen LogP contribution in [0.25, 0.3) is 0 Å². The minimum Gasteiger partial charge on any atom is -0.403 e. The van der Waals surface area contributed by atoms with Gasteiger partial charge in [0, 0.05) is 0 Å². The molecule has 4 heteroatoms. The van der Waals surface area contributed by atoms with E-state index in [0.717, 1.165) is 24.6 Å². The maximum atomic E-state index is 11.7. The lowest BCUT2D eigenvalue weighted by Gasteiger charge is -2.44. The molecular weight excluding hydrogens is 242 g/mol. The third kappa shape index (κ3) is 3.57. The van der Waals surface area contributed by atoms with E-state index in [-0.39, 0.29) is 23.5 Å². The van der Waals surface area contributed by atoms with Crippen LogP contribution < -0.4 is 5.32 Å². The molecule has 0 aliphatic carbocycles. The van der Waals surface area contributed by atoms with Crippen molar-refractivity contribution in [1.82, 2.24) is 5.32 Å². The second kappa shape index (κ2) is 5.74. The van der Waals surface area contributed by atoms with Crippen molar-refractivity contribution >= 4 is 14.2 Å². The summed E-state index contributed by atoms with van der Waals surface area (Å²) in [6, 6.07) is 3.53. The van der Waals surface area contributed by atoms with Crippen molar-refractivity contribution in [3.05, 3.63) is 0 Å². The van der Waals surface area contributed by atoms with Gasteiger partial charge in [0.2, 0.25) is 5.91 Å². The predicted octanol–water partition coefficient (Wildman–Crippen LogP) is 3.31. The average molecular weight is 271 g/mol. The molecule has 0 unspecified atom stereocenters. The molecule has 18 heavy (non-hydrogen) atoms. The molecule has 0 bridgehead atoms. The zero-order valence-electron chi connectivity index (χ0n) is 12.8. The summed E-state index contributed by atoms with van der Waals surface area (Å²) >= 11 is 0. The highest BCUT2D eigenvalue weighted by Gasteiger charge is 2.46. The fraction of sp³-hybridized carbons (Fsp3) is 0.929. The molecule has 0 aromatic heterocycles. The van der Waals surface area contributed by atoms with Crippen molar-refractivity contribution in [2.24, 2.45) is 5.41 Å². The van der Waals surface area contributed by atoms with Crippen molar-refractivity contribution in [2.45, 2.75) is 78.2 Å². The molecule has 1 saturated heterocycles. The lowest BCUT2D eigenvalue weighted by molar-refractivity contribution is -0.142. The van der Waals surface area contributed by atoms with Crippen LogP contribution in [0, 0.1) is 5.41 Å². The Hall–Kier alpha value is -0.353. The number of hydrogen-bond acceptors (Lipinski definition) is 2. The zero-order chi connectivity index (χ0) is 14.0. The van der Waals surface area contributed by atoms with Crippen LogP contribution in [0.5, 0.6) is 0 Å². The molecule has 1 N–H and O–H groups in total. The van der Waals surface area contributed by atoms with Crippen LogP contribution in [0.4, 0.5) is 0 Å². The Morgan fingerprint density at radius 1 is 1.17 bits per heavy atom. The Morgan fingerprint density at radius 3 is 2.00 bits per heavy atom. The van der Waals surface area contributed by atoms with Crippen molar-refractivity contribution < 1.29 is 9.22 Å². The van der Waals surface area contributed by atoms with Crippen LogP contribution in [0.1, 0.15) is 48.0 Å². The van der Waals surface area contributed by atoms with Gasteiger partial charge in [0.25, 0.3) is 0 Å². The van der Waals surface area contributed by atoms with E-state index < -0.39 is 8.32 Å². The highest BCUT2D eigenvalue weighted by Crippen LogP contribution is 2.31. The van der Waals surface area contributed by atoms with Crippen molar-refractivity contribution in [1.29, 1.82) is 0 Å². The smallest absolute Gasteiger partial charge is 0.250 e. The summed E-state index contributed by atoms with van der Waals surface area (Å²) in [7, 11) is -1.67. The first-order valence-electron chi connectivity index (χ1n) is 7.25. The summed E-state index contributed by atoms with van der Waals surface area (Å²) in [5, 5.41) is 3.00. The fourth-order valence-electron chi connectivity index (χ4n) is 2.65. The van der Waals surface area contributed by atoms with Gasteiger partial charge in [0.15, 0.2) is 8.32 Å². The van der Waals surface area contributed by atoms with Crippen LogP contribution in [0.15, 0.2) is 0 Å². The number of β-lactam (4-membered cyclic amide) rings is 1. The first-order chi connectivity index (χ1) is 8.27. The van der Waals surface area contributed by atoms with Gasteiger partial charge in [-0.1, -0.05) is 41.5 Å². The van der Waals surface area contributed by atoms with E-state index in [1.807, 2.05) is 0 Å². The molecule has 1 aliphatic heterocycles. The van der Waals surface area contributed by atoms with Crippen molar-refractivity contribution in [3.63, 3.8) is 0 Å². The summed E-state index contributed by atoms with van der Waals surface area (Å²) in [6.07, 6.45) is 0.807. The van der Waals surface area contributed by atoms with E-state index in [4.69, 9.17) is 4.43 Å². The molecule has 1 aliphatic rings. The minimum absolute atomic E-state index is 0.0940. The SMILES string of the molecule is CC[Si](CC)(CC)O[C@H]1C(=O)N[C@H]1CC(C)(C)C. The molecule has 1 heterocycles. The molecule has 0 radical (unpaired) electrons. The molecule has 0 spiro atoms. The van der Waals surface area contributed by atoms with E-state index >= 15 is 0 Å². The first kappa shape index (κ1) is 15.7. The van der Waals surface area contributed by atoms with Gasteiger partial charge in [0.05, 0.1) is 6.04 Å². The van der Waals surface area contributed by atoms with Gasteiger partial charge >= 0.3 is 0 Å². The predicted molar refractivity (Wildman–Crippen MR) is 78.1 cm³/mol. The average Bonchev–Trinajstić information content (AvgIpc) is 2.29. The summed E-state index contributed by atoms with van der Waals surface area (Å²) in [5.74, 6) is 0.0940. The van der Waals surface area contributed by atoms with Gasteiger partial charge in [-0.05, 0) is 30.0 Å². The van der Waals surface area contributed by atoms with E-state index in [2.05, 4.69) is 46.9 Å². The summed E-state index contributed by atoms with van der Waals surface area (Å²) < 4.78 is 6.32. The largest absolute Gasteiger partial charge is 0.403 e. The van der Waals surface area contributed by atoms with Crippen LogP contribution in [0.2, 0.25) is 18.1 Å². The lowest BCUT2D eigenvalue weighted by atomic mass is 9.83. The van der Waals surface area contributed by atoms with Gasteiger partial charge in [-0.2, -0.15) is 0 Å². The number of carbonyl (C=O) groups excluding carboxylic acids is 1. The molecule has 1 rings (SSSR count). The van der Waals surface area contributed by atoms with E-state index in [0.29, 0.717) is 0 Å². The monoisotopic (exact) mass is 271 g/mol. The molecule has 1 fully saturated rings. The Balaban J connectivity index is 2.66. The molecule has 106 valence electrons. The maximum Gasteiger partial charge on any atom is 0.250 e. The number of hydrogen-bond donors (Lipinski definition) is 1. The maximum absolute atomic E-state index is 11.7. The van der Waals surface area contributed by atoms with E-state index in [9.17, 15) is 4.79 Å². The molecular formula is C14H29NO2Si. The highest BCUT2D eigenvalue weighted by atomic mass is 28.4. The fourth-order valence-corrected chi connectivity index (χ4v) is 5.46. The van der Waals surface area contributed by atoms with E-state index in [1.165, 1.54) is 0 Å². The number of carbonyl (C=O) groups is 1. The molecule has 0 saturated carbocycles. The molecule has 1 amide bonds. The number of amides is 1. The summed E-state index contributed by atoms with van der Waals surface area (Å²) in [4.78, 5) is 11.7. The summed E-state index contributed by atoms with van der Waals surface area (Å²) in [6.45, 7) is 13.2. The Labute approximate surface area is 113 Å². The van der Waals surface area contributed by atoms with Crippen molar-refractivity contribution in [2.75, 3.05) is 0 Å². The minimum atomic E-state index is -1.67. The lowest BCUT2D eigenvalue weighted by Crippen LogP contribution is -2.67. The van der Waals surface area contributed by atoms with Gasteiger partial charge in [-0.25, -0.2) is 0 Å². The van der Waals surface area contributed by atoms with E-state index in [1.54, 1.807) is 0 Å². The Kier molecular flexibility index (Phi) is 5.01. The van der Waals surface area contributed by atoms with Gasteiger partial charge < -0.3 is 9.74 Å². The second-order valence-corrected chi connectivity index (χ2v) is 11.4. The first-order valence-corrected chi connectivity index (χ1v) is 9.78. The topological polar surface area (TPSA) is 38.3 Å². The molecule has 0 aromatic carbocycles. The molecule has 0 aromatic rings. The van der Waals surface area contributed by atoms with Crippen LogP contribution in [0.3, 0.4) is 0 Å². The molecule has 3 nitrogen and oxygen atoms in total. The summed E-state index contributed by atoms with van der Waals surface area (Å²) in [5.41, 5.74) is 0.231. The highest BCUT2D eigenvalue weighted by molar-refractivity contribution is 6.73.